The summed E-state index contributed by atoms with van der Waals surface area (Å²) in [4.78, 5) is 29.8. The maximum absolute atomic E-state index is 12.1. The molecule has 2 heterocycles. The van der Waals surface area contributed by atoms with Crippen LogP contribution in [-0.2, 0) is 18.6 Å². The van der Waals surface area contributed by atoms with Crippen molar-refractivity contribution in [1.82, 2.24) is 14.7 Å². The third kappa shape index (κ3) is 7.83. The highest BCUT2D eigenvalue weighted by molar-refractivity contribution is 8.13. The van der Waals surface area contributed by atoms with Crippen LogP contribution in [0.25, 0.3) is 0 Å². The quantitative estimate of drug-likeness (QED) is 0.599. The van der Waals surface area contributed by atoms with Gasteiger partial charge in [0.2, 0.25) is 15.0 Å². The fourth-order valence-electron chi connectivity index (χ4n) is 3.43. The molecule has 0 spiro atoms. The van der Waals surface area contributed by atoms with Crippen LogP contribution in [0, 0.1) is 5.92 Å². The molecule has 156 valence electrons. The van der Waals surface area contributed by atoms with Gasteiger partial charge in [0.25, 0.3) is 0 Å². The first kappa shape index (κ1) is 22.2. The maximum atomic E-state index is 12.1. The van der Waals surface area contributed by atoms with Crippen molar-refractivity contribution >= 4 is 31.7 Å². The second-order valence-electron chi connectivity index (χ2n) is 8.28. The lowest BCUT2D eigenvalue weighted by Crippen LogP contribution is -2.50. The number of carbonyl (C=O) groups excluding carboxylic acids is 2. The van der Waals surface area contributed by atoms with Crippen LogP contribution in [0.4, 0.5) is 4.79 Å². The van der Waals surface area contributed by atoms with E-state index in [-0.39, 0.29) is 30.1 Å². The van der Waals surface area contributed by atoms with E-state index in [0.29, 0.717) is 26.2 Å². The Kier molecular flexibility index (Phi) is 7.38. The average molecular weight is 424 g/mol. The van der Waals surface area contributed by atoms with Gasteiger partial charge in [-0.3, -0.25) is 9.69 Å². The lowest BCUT2D eigenvalue weighted by molar-refractivity contribution is -0.127. The van der Waals surface area contributed by atoms with Gasteiger partial charge in [0.1, 0.15) is 5.60 Å². The molecule has 2 aliphatic heterocycles. The number of rotatable bonds is 6. The Labute approximate surface area is 166 Å². The Morgan fingerprint density at radius 2 is 1.81 bits per heavy atom. The van der Waals surface area contributed by atoms with E-state index in [1.807, 2.05) is 20.8 Å². The molecule has 2 aliphatic rings. The van der Waals surface area contributed by atoms with Crippen molar-refractivity contribution in [3.8, 4) is 0 Å². The first-order valence-corrected chi connectivity index (χ1v) is 11.8. The molecule has 0 aromatic heterocycles. The minimum absolute atomic E-state index is 0.00457. The van der Waals surface area contributed by atoms with Gasteiger partial charge in [0.05, 0.1) is 5.75 Å². The molecule has 2 amide bonds. The number of piperazine rings is 1. The smallest absolute Gasteiger partial charge is 0.410 e. The van der Waals surface area contributed by atoms with E-state index < -0.39 is 14.7 Å². The Morgan fingerprint density at radius 1 is 1.19 bits per heavy atom. The molecule has 8 nitrogen and oxygen atoms in total. The van der Waals surface area contributed by atoms with Crippen LogP contribution in [0.5, 0.6) is 0 Å². The Morgan fingerprint density at radius 3 is 2.37 bits per heavy atom. The number of amides is 2. The maximum Gasteiger partial charge on any atom is 0.410 e. The summed E-state index contributed by atoms with van der Waals surface area (Å²) in [6, 6.07) is 0. The summed E-state index contributed by atoms with van der Waals surface area (Å²) >= 11 is 0. The number of likely N-dealkylation sites (tertiary alicyclic amines) is 1. The van der Waals surface area contributed by atoms with Gasteiger partial charge < -0.3 is 14.5 Å². The Balaban J connectivity index is 1.66. The van der Waals surface area contributed by atoms with Gasteiger partial charge in [-0.1, -0.05) is 0 Å². The summed E-state index contributed by atoms with van der Waals surface area (Å²) in [5, 5.41) is 0. The standard InChI is InChI=1S/C17H30ClN3O5S/c1-17(2,3)26-16(23)20-9-7-19(8-10-20)5-4-6-21-12-14(11-15(21)22)13-27(18,24)25/h14H,4-13H2,1-3H3. The van der Waals surface area contributed by atoms with Gasteiger partial charge in [-0.15, -0.1) is 0 Å². The molecule has 0 saturated carbocycles. The SMILES string of the molecule is CC(C)(C)OC(=O)N1CCN(CCCN2CC(CS(=O)(=O)Cl)CC2=O)CC1. The topological polar surface area (TPSA) is 87.2 Å². The Hall–Kier alpha value is -1.06. The predicted octanol–water partition coefficient (Wildman–Crippen LogP) is 1.35. The molecule has 0 aromatic rings. The second-order valence-corrected chi connectivity index (χ2v) is 11.1. The zero-order valence-corrected chi connectivity index (χ0v) is 17.9. The van der Waals surface area contributed by atoms with Crippen molar-refractivity contribution in [3.63, 3.8) is 0 Å². The molecule has 1 unspecified atom stereocenters. The number of hydrogen-bond donors (Lipinski definition) is 0. The molecule has 0 bridgehead atoms. The van der Waals surface area contributed by atoms with Gasteiger partial charge in [-0.25, -0.2) is 13.2 Å². The van der Waals surface area contributed by atoms with Crippen LogP contribution >= 0.6 is 10.7 Å². The molecular formula is C17H30ClN3O5S. The van der Waals surface area contributed by atoms with Crippen LogP contribution < -0.4 is 0 Å². The summed E-state index contributed by atoms with van der Waals surface area (Å²) in [6.45, 7) is 10.3. The third-order valence-corrected chi connectivity index (χ3v) is 5.90. The van der Waals surface area contributed by atoms with Crippen LogP contribution in [0.3, 0.4) is 0 Å². The van der Waals surface area contributed by atoms with Crippen molar-refractivity contribution in [1.29, 1.82) is 0 Å². The summed E-state index contributed by atoms with van der Waals surface area (Å²) in [7, 11) is 1.71. The monoisotopic (exact) mass is 423 g/mol. The predicted molar refractivity (Wildman–Crippen MR) is 103 cm³/mol. The van der Waals surface area contributed by atoms with Crippen molar-refractivity contribution in [2.75, 3.05) is 51.6 Å². The fraction of sp³-hybridized carbons (Fsp3) is 0.882. The highest BCUT2D eigenvalue weighted by atomic mass is 35.7. The van der Waals surface area contributed by atoms with Crippen LogP contribution in [-0.4, -0.2) is 92.3 Å². The lowest BCUT2D eigenvalue weighted by Gasteiger charge is -2.35. The fourth-order valence-corrected chi connectivity index (χ4v) is 4.75. The van der Waals surface area contributed by atoms with E-state index in [9.17, 15) is 18.0 Å². The number of halogens is 1. The van der Waals surface area contributed by atoms with Gasteiger partial charge in [0, 0.05) is 62.3 Å². The molecule has 1 atom stereocenters. The van der Waals surface area contributed by atoms with E-state index in [2.05, 4.69) is 4.90 Å². The highest BCUT2D eigenvalue weighted by Crippen LogP contribution is 2.21. The minimum Gasteiger partial charge on any atom is -0.444 e. The number of nitrogens with zero attached hydrogens (tertiary/aromatic N) is 3. The molecule has 27 heavy (non-hydrogen) atoms. The Bertz CT molecular complexity index is 641. The van der Waals surface area contributed by atoms with E-state index in [0.717, 1.165) is 26.1 Å². The summed E-state index contributed by atoms with van der Waals surface area (Å²) in [5.74, 6) is -0.365. The average Bonchev–Trinajstić information content (AvgIpc) is 2.84. The molecule has 2 fully saturated rings. The van der Waals surface area contributed by atoms with E-state index >= 15 is 0 Å². The highest BCUT2D eigenvalue weighted by Gasteiger charge is 2.32. The first-order valence-electron chi connectivity index (χ1n) is 9.33. The molecule has 2 rings (SSSR count). The zero-order valence-electron chi connectivity index (χ0n) is 16.3. The third-order valence-electron chi connectivity index (χ3n) is 4.66. The molecule has 10 heteroatoms. The van der Waals surface area contributed by atoms with Crippen LogP contribution in [0.2, 0.25) is 0 Å². The number of carbonyl (C=O) groups is 2. The normalized spacial score (nSPS) is 22.4. The lowest BCUT2D eigenvalue weighted by atomic mass is 10.1. The van der Waals surface area contributed by atoms with Gasteiger partial charge in [0.15, 0.2) is 0 Å². The molecule has 0 aliphatic carbocycles. The van der Waals surface area contributed by atoms with Crippen molar-refractivity contribution in [3.05, 3.63) is 0 Å². The number of ether oxygens (including phenoxy) is 1. The van der Waals surface area contributed by atoms with Crippen molar-refractivity contribution in [2.45, 2.75) is 39.2 Å². The molecule has 2 saturated heterocycles. The van der Waals surface area contributed by atoms with Crippen LogP contribution in [0.15, 0.2) is 0 Å². The van der Waals surface area contributed by atoms with Crippen LogP contribution in [0.1, 0.15) is 33.6 Å². The van der Waals surface area contributed by atoms with E-state index in [1.165, 1.54) is 0 Å². The molecular weight excluding hydrogens is 394 g/mol. The van der Waals surface area contributed by atoms with Crippen molar-refractivity contribution in [2.24, 2.45) is 5.92 Å². The first-order chi connectivity index (χ1) is 12.4. The largest absolute Gasteiger partial charge is 0.444 e. The molecule has 0 aromatic carbocycles. The van der Waals surface area contributed by atoms with Gasteiger partial charge in [-0.2, -0.15) is 0 Å². The van der Waals surface area contributed by atoms with E-state index in [4.69, 9.17) is 15.4 Å². The number of hydrogen-bond acceptors (Lipinski definition) is 6. The summed E-state index contributed by atoms with van der Waals surface area (Å²) in [6.07, 6.45) is 0.795. The van der Waals surface area contributed by atoms with Gasteiger partial charge >= 0.3 is 6.09 Å². The van der Waals surface area contributed by atoms with Crippen molar-refractivity contribution < 1.29 is 22.7 Å². The summed E-state index contributed by atoms with van der Waals surface area (Å²) in [5.41, 5.74) is -0.489. The van der Waals surface area contributed by atoms with E-state index in [1.54, 1.807) is 9.80 Å². The molecule has 0 N–H and O–H groups in total. The summed E-state index contributed by atoms with van der Waals surface area (Å²) < 4.78 is 27.7. The molecule has 0 radical (unpaired) electrons. The minimum atomic E-state index is -3.57. The zero-order chi connectivity index (χ0) is 20.2. The second kappa shape index (κ2) is 8.96. The van der Waals surface area contributed by atoms with Gasteiger partial charge in [-0.05, 0) is 33.7 Å².